The highest BCUT2D eigenvalue weighted by atomic mass is 35.5. The Morgan fingerprint density at radius 1 is 0.732 bits per heavy atom. The summed E-state index contributed by atoms with van der Waals surface area (Å²) in [7, 11) is -2.81. The molecule has 0 unspecified atom stereocenters. The molecule has 41 heavy (non-hydrogen) atoms. The molecule has 1 N–H and O–H groups in total. The minimum absolute atomic E-state index is 0. The highest BCUT2D eigenvalue weighted by molar-refractivity contribution is 8.00. The van der Waals surface area contributed by atoms with Crippen LogP contribution in [0.5, 0.6) is 0 Å². The molecule has 0 spiro atoms. The van der Waals surface area contributed by atoms with E-state index in [-0.39, 0.29) is 29.9 Å². The van der Waals surface area contributed by atoms with Crippen molar-refractivity contribution in [1.82, 2.24) is 10.2 Å². The van der Waals surface area contributed by atoms with Crippen molar-refractivity contribution in [2.45, 2.75) is 6.92 Å². The third-order valence-corrected chi connectivity index (χ3v) is 12.0. The second-order valence-electron chi connectivity index (χ2n) is 9.57. The fourth-order valence-corrected chi connectivity index (χ4v) is 9.84. The summed E-state index contributed by atoms with van der Waals surface area (Å²) in [6.45, 7) is 3.66. The number of ether oxygens (including phenoxy) is 1. The molecule has 210 valence electrons. The van der Waals surface area contributed by atoms with Crippen molar-refractivity contribution in [3.8, 4) is 0 Å². The third-order valence-electron chi connectivity index (χ3n) is 7.00. The lowest BCUT2D eigenvalue weighted by molar-refractivity contribution is -0.131. The summed E-state index contributed by atoms with van der Waals surface area (Å²) in [5.41, 5.74) is 1.58. The lowest BCUT2D eigenvalue weighted by atomic mass is 10.1. The molecule has 8 heteroatoms. The fraction of sp³-hybridized carbons (Fsp3) is 0.152. The third kappa shape index (κ3) is 6.39. The van der Waals surface area contributed by atoms with E-state index in [1.165, 1.54) is 0 Å². The first kappa shape index (κ1) is 30.5. The molecule has 5 nitrogen and oxygen atoms in total. The molecular weight excluding hydrogens is 574 g/mol. The maximum atomic E-state index is 14.2. The number of carbonyl (C=O) groups is 2. The van der Waals surface area contributed by atoms with E-state index in [0.29, 0.717) is 36.6 Å². The maximum absolute atomic E-state index is 14.2. The van der Waals surface area contributed by atoms with E-state index in [4.69, 9.17) is 16.3 Å². The molecule has 0 radical (unpaired) electrons. The molecule has 2 amide bonds. The molecule has 1 saturated heterocycles. The lowest BCUT2D eigenvalue weighted by Gasteiger charge is -2.31. The average Bonchev–Trinajstić information content (AvgIpc) is 3.02. The molecule has 4 aromatic rings. The number of nitrogens with one attached hydrogen (secondary N) is 1. The van der Waals surface area contributed by atoms with Gasteiger partial charge in [0.2, 0.25) is 4.77 Å². The quantitative estimate of drug-likeness (QED) is 0.259. The molecule has 0 aromatic heterocycles. The maximum Gasteiger partial charge on any atom is 0.275 e. The average molecular weight is 606 g/mol. The van der Waals surface area contributed by atoms with Crippen molar-refractivity contribution in [1.29, 1.82) is 0 Å². The minimum atomic E-state index is -2.81. The molecule has 0 bridgehead atoms. The van der Waals surface area contributed by atoms with E-state index >= 15 is 0 Å². The van der Waals surface area contributed by atoms with Gasteiger partial charge in [0.05, 0.1) is 13.2 Å². The van der Waals surface area contributed by atoms with Crippen molar-refractivity contribution in [2.75, 3.05) is 26.3 Å². The lowest BCUT2D eigenvalue weighted by Crippen LogP contribution is -3.00. The predicted octanol–water partition coefficient (Wildman–Crippen LogP) is 1.99. The van der Waals surface area contributed by atoms with Gasteiger partial charge in [0.25, 0.3) is 11.8 Å². The number of halogens is 2. The van der Waals surface area contributed by atoms with Crippen LogP contribution < -0.4 is 33.6 Å². The Morgan fingerprint density at radius 3 is 1.61 bits per heavy atom. The number of rotatable bonds is 7. The Balaban J connectivity index is 0.00000387. The molecule has 1 fully saturated rings. The summed E-state index contributed by atoms with van der Waals surface area (Å²) in [5.74, 6) is -0.706. The van der Waals surface area contributed by atoms with Crippen molar-refractivity contribution < 1.29 is 26.7 Å². The van der Waals surface area contributed by atoms with Gasteiger partial charge in [-0.15, -0.1) is 0 Å². The van der Waals surface area contributed by atoms with Gasteiger partial charge in [0.15, 0.2) is 13.0 Å². The minimum Gasteiger partial charge on any atom is -1.00 e. The predicted molar refractivity (Wildman–Crippen MR) is 164 cm³/mol. The van der Waals surface area contributed by atoms with Gasteiger partial charge in [-0.2, -0.15) is 0 Å². The first-order valence-corrected chi connectivity index (χ1v) is 15.4. The molecule has 0 atom stereocenters. The number of morpholine rings is 1. The van der Waals surface area contributed by atoms with Crippen LogP contribution in [0, 0.1) is 6.92 Å². The second kappa shape index (κ2) is 13.9. The second-order valence-corrected chi connectivity index (χ2v) is 13.5. The number of nitrogens with zero attached hydrogens (tertiary/aromatic N) is 1. The Kier molecular flexibility index (Phi) is 10.4. The van der Waals surface area contributed by atoms with Crippen LogP contribution in [-0.4, -0.2) is 43.0 Å². The van der Waals surface area contributed by atoms with Gasteiger partial charge in [0.1, 0.15) is 15.9 Å². The summed E-state index contributed by atoms with van der Waals surface area (Å²) >= 11 is 7.58. The SMILES string of the molecule is Cc1ccc(C(=O)NC(C(=O)N2CCOCC2)=C(Cl)[P+](c2ccccc2)(c2ccccc2)c2ccccc2)cc1.[Cl-]. The van der Waals surface area contributed by atoms with Gasteiger partial charge in [-0.25, -0.2) is 0 Å². The van der Waals surface area contributed by atoms with Gasteiger partial charge >= 0.3 is 0 Å². The van der Waals surface area contributed by atoms with E-state index in [1.54, 1.807) is 17.0 Å². The number of carbonyl (C=O) groups excluding carboxylic acids is 2. The number of amides is 2. The Bertz CT molecular complexity index is 1400. The van der Waals surface area contributed by atoms with E-state index in [0.717, 1.165) is 21.5 Å². The summed E-state index contributed by atoms with van der Waals surface area (Å²) in [4.78, 5) is 29.5. The van der Waals surface area contributed by atoms with Crippen LogP contribution in [0.15, 0.2) is 126 Å². The molecule has 0 saturated carbocycles. The fourth-order valence-electron chi connectivity index (χ4n) is 4.92. The molecular formula is C33H31Cl2N2O3P. The van der Waals surface area contributed by atoms with E-state index in [9.17, 15) is 9.59 Å². The Morgan fingerprint density at radius 2 is 1.17 bits per heavy atom. The number of benzene rings is 4. The molecule has 4 aromatic carbocycles. The molecule has 1 heterocycles. The van der Waals surface area contributed by atoms with Crippen LogP contribution in [0.2, 0.25) is 0 Å². The Labute approximate surface area is 252 Å². The molecule has 1 aliphatic rings. The smallest absolute Gasteiger partial charge is 0.275 e. The Hall–Kier alpha value is -3.47. The zero-order valence-electron chi connectivity index (χ0n) is 22.7. The van der Waals surface area contributed by atoms with Crippen LogP contribution in [0.4, 0.5) is 0 Å². The summed E-state index contributed by atoms with van der Waals surface area (Å²) in [6.07, 6.45) is 0. The van der Waals surface area contributed by atoms with Crippen molar-refractivity contribution in [2.24, 2.45) is 0 Å². The number of hydrogen-bond acceptors (Lipinski definition) is 3. The van der Waals surface area contributed by atoms with Gasteiger partial charge < -0.3 is 27.4 Å². The van der Waals surface area contributed by atoms with Crippen LogP contribution in [0.25, 0.3) is 0 Å². The first-order chi connectivity index (χ1) is 19.5. The molecule has 5 rings (SSSR count). The van der Waals surface area contributed by atoms with Gasteiger partial charge in [0, 0.05) is 18.7 Å². The zero-order valence-corrected chi connectivity index (χ0v) is 25.1. The van der Waals surface area contributed by atoms with Gasteiger partial charge in [-0.3, -0.25) is 9.59 Å². The topological polar surface area (TPSA) is 58.6 Å². The molecule has 1 aliphatic heterocycles. The zero-order chi connectivity index (χ0) is 28.0. The van der Waals surface area contributed by atoms with Crippen molar-refractivity contribution >= 4 is 46.6 Å². The number of aryl methyl sites for hydroxylation is 1. The van der Waals surface area contributed by atoms with E-state index < -0.39 is 7.26 Å². The first-order valence-electron chi connectivity index (χ1n) is 13.2. The van der Waals surface area contributed by atoms with Crippen LogP contribution in [-0.2, 0) is 9.53 Å². The normalized spacial score (nSPS) is 14.0. The highest BCUT2D eigenvalue weighted by Crippen LogP contribution is 2.64. The van der Waals surface area contributed by atoms with E-state index in [2.05, 4.69) is 41.7 Å². The van der Waals surface area contributed by atoms with Crippen LogP contribution in [0.1, 0.15) is 15.9 Å². The van der Waals surface area contributed by atoms with Crippen LogP contribution in [0.3, 0.4) is 0 Å². The molecule has 0 aliphatic carbocycles. The van der Waals surface area contributed by atoms with Crippen LogP contribution >= 0.6 is 18.9 Å². The summed E-state index contributed by atoms with van der Waals surface area (Å²) in [6, 6.07) is 37.3. The summed E-state index contributed by atoms with van der Waals surface area (Å²) in [5, 5.41) is 5.91. The highest BCUT2D eigenvalue weighted by Gasteiger charge is 2.52. The van der Waals surface area contributed by atoms with Crippen molar-refractivity contribution in [3.63, 3.8) is 0 Å². The van der Waals surface area contributed by atoms with Crippen molar-refractivity contribution in [3.05, 3.63) is 137 Å². The monoisotopic (exact) mass is 604 g/mol. The largest absolute Gasteiger partial charge is 1.00 e. The standard InChI is InChI=1S/C33H30ClN2O3P.ClH/c1-25-17-19-26(20-18-25)32(37)35-30(33(38)36-21-23-39-24-22-36)31(34)40(27-11-5-2-6-12-27,28-13-7-3-8-14-28)29-15-9-4-10-16-29;/h2-20H,21-24H2,1H3;1H. The summed E-state index contributed by atoms with van der Waals surface area (Å²) < 4.78 is 5.83. The van der Waals surface area contributed by atoms with E-state index in [1.807, 2.05) is 73.7 Å². The van der Waals surface area contributed by atoms with Gasteiger partial charge in [-0.05, 0) is 67.1 Å². The number of hydrogen-bond donors (Lipinski definition) is 1. The van der Waals surface area contributed by atoms with Gasteiger partial charge in [-0.1, -0.05) is 72.3 Å².